The number of ether oxygens (including phenoxy) is 1. The molecule has 2 aromatic heterocycles. The summed E-state index contributed by atoms with van der Waals surface area (Å²) in [6, 6.07) is 14.8. The maximum absolute atomic E-state index is 12.8. The number of oxazole rings is 1. The van der Waals surface area contributed by atoms with Gasteiger partial charge in [-0.1, -0.05) is 30.3 Å². The Morgan fingerprint density at radius 1 is 1.14 bits per heavy atom. The number of hydrogen-bond donors (Lipinski definition) is 1. The minimum Gasteiger partial charge on any atom is -0.451 e. The summed E-state index contributed by atoms with van der Waals surface area (Å²) in [6.07, 6.45) is 1.71. The van der Waals surface area contributed by atoms with Crippen LogP contribution in [-0.4, -0.2) is 27.8 Å². The molecule has 6 heteroatoms. The Kier molecular flexibility index (Phi) is 4.53. The number of carbonyl (C=O) groups is 2. The smallest absolute Gasteiger partial charge is 0.331 e. The quantitative estimate of drug-likeness (QED) is 0.317. The monoisotopic (exact) mass is 374 g/mol. The standard InChI is InChI=1S/C22H18N2O4/c1-13-21(15-7-3-4-8-16(15)23-13)22(26)14(2)27-20(25)12-11-19-24-17-9-5-6-10-18(17)28-19/h3-12,14,23H,1-2H3/b12-11+. The Labute approximate surface area is 160 Å². The molecule has 2 aromatic carbocycles. The van der Waals surface area contributed by atoms with Gasteiger partial charge in [0.05, 0.1) is 0 Å². The first kappa shape index (κ1) is 17.7. The number of para-hydroxylation sites is 3. The van der Waals surface area contributed by atoms with Crippen molar-refractivity contribution < 1.29 is 18.7 Å². The van der Waals surface area contributed by atoms with Gasteiger partial charge in [-0.05, 0) is 32.0 Å². The largest absolute Gasteiger partial charge is 0.451 e. The summed E-state index contributed by atoms with van der Waals surface area (Å²) < 4.78 is 10.8. The molecule has 140 valence electrons. The number of aromatic nitrogens is 2. The highest BCUT2D eigenvalue weighted by Crippen LogP contribution is 2.24. The Morgan fingerprint density at radius 2 is 1.89 bits per heavy atom. The molecular weight excluding hydrogens is 356 g/mol. The summed E-state index contributed by atoms with van der Waals surface area (Å²) in [6.45, 7) is 3.39. The van der Waals surface area contributed by atoms with Crippen LogP contribution in [0.2, 0.25) is 0 Å². The molecule has 1 atom stereocenters. The highest BCUT2D eigenvalue weighted by molar-refractivity contribution is 6.11. The molecule has 4 rings (SSSR count). The zero-order valence-electron chi connectivity index (χ0n) is 15.4. The first-order valence-electron chi connectivity index (χ1n) is 8.88. The van der Waals surface area contributed by atoms with E-state index in [1.165, 1.54) is 12.2 Å². The Hall–Kier alpha value is -3.67. The summed E-state index contributed by atoms with van der Waals surface area (Å²) in [5.74, 6) is -0.594. The van der Waals surface area contributed by atoms with Gasteiger partial charge in [-0.3, -0.25) is 4.79 Å². The van der Waals surface area contributed by atoms with E-state index >= 15 is 0 Å². The van der Waals surface area contributed by atoms with E-state index in [9.17, 15) is 9.59 Å². The Morgan fingerprint density at radius 3 is 2.71 bits per heavy atom. The van der Waals surface area contributed by atoms with Crippen molar-refractivity contribution in [2.24, 2.45) is 0 Å². The molecule has 0 fully saturated rings. The van der Waals surface area contributed by atoms with Gasteiger partial charge in [-0.15, -0.1) is 0 Å². The topological polar surface area (TPSA) is 85.2 Å². The van der Waals surface area contributed by atoms with Gasteiger partial charge >= 0.3 is 5.97 Å². The van der Waals surface area contributed by atoms with E-state index in [1.807, 2.05) is 49.4 Å². The van der Waals surface area contributed by atoms with Crippen LogP contribution in [0.15, 0.2) is 59.0 Å². The molecule has 0 aliphatic carbocycles. The van der Waals surface area contributed by atoms with Crippen molar-refractivity contribution in [3.63, 3.8) is 0 Å². The van der Waals surface area contributed by atoms with E-state index in [2.05, 4.69) is 9.97 Å². The van der Waals surface area contributed by atoms with Crippen LogP contribution >= 0.6 is 0 Å². The fourth-order valence-electron chi connectivity index (χ4n) is 3.17. The number of rotatable bonds is 5. The minimum absolute atomic E-state index is 0.251. The molecule has 28 heavy (non-hydrogen) atoms. The summed E-state index contributed by atoms with van der Waals surface area (Å²) >= 11 is 0. The average molecular weight is 374 g/mol. The Bertz CT molecular complexity index is 1180. The molecule has 0 saturated heterocycles. The Balaban J connectivity index is 1.47. The molecule has 0 amide bonds. The van der Waals surface area contributed by atoms with E-state index in [0.29, 0.717) is 22.6 Å². The normalized spacial score (nSPS) is 12.6. The molecular formula is C22H18N2O4. The number of Topliss-reactive ketones (excluding diaryl/α,β-unsaturated/α-hetero) is 1. The van der Waals surface area contributed by atoms with Crippen LogP contribution in [0.25, 0.3) is 28.1 Å². The summed E-state index contributed by atoms with van der Waals surface area (Å²) in [5, 5.41) is 0.815. The maximum Gasteiger partial charge on any atom is 0.331 e. The van der Waals surface area contributed by atoms with Gasteiger partial charge in [0.1, 0.15) is 5.52 Å². The minimum atomic E-state index is -0.918. The lowest BCUT2D eigenvalue weighted by Gasteiger charge is -2.11. The molecule has 6 nitrogen and oxygen atoms in total. The SMILES string of the molecule is Cc1[nH]c2ccccc2c1C(=O)C(C)OC(=O)/C=C/c1nc2ccccc2o1. The molecule has 0 spiro atoms. The number of nitrogens with one attached hydrogen (secondary N) is 1. The number of hydrogen-bond acceptors (Lipinski definition) is 5. The number of aryl methyl sites for hydroxylation is 1. The molecule has 0 saturated carbocycles. The van der Waals surface area contributed by atoms with Crippen molar-refractivity contribution in [3.05, 3.63) is 71.8 Å². The number of aromatic amines is 1. The highest BCUT2D eigenvalue weighted by Gasteiger charge is 2.23. The molecule has 0 aliphatic heterocycles. The molecule has 1 N–H and O–H groups in total. The van der Waals surface area contributed by atoms with Crippen molar-refractivity contribution in [1.29, 1.82) is 0 Å². The number of nitrogens with zero attached hydrogens (tertiary/aromatic N) is 1. The van der Waals surface area contributed by atoms with E-state index < -0.39 is 12.1 Å². The molecule has 4 aromatic rings. The third-order valence-corrected chi connectivity index (χ3v) is 4.47. The molecule has 2 heterocycles. The van der Waals surface area contributed by atoms with Crippen LogP contribution in [0.3, 0.4) is 0 Å². The molecule has 0 aliphatic rings. The van der Waals surface area contributed by atoms with Crippen molar-refractivity contribution in [2.45, 2.75) is 20.0 Å². The van der Waals surface area contributed by atoms with Crippen molar-refractivity contribution in [2.75, 3.05) is 0 Å². The maximum atomic E-state index is 12.8. The lowest BCUT2D eigenvalue weighted by Crippen LogP contribution is -2.24. The first-order chi connectivity index (χ1) is 13.5. The average Bonchev–Trinajstić information content (AvgIpc) is 3.25. The lowest BCUT2D eigenvalue weighted by molar-refractivity contribution is -0.140. The van der Waals surface area contributed by atoms with Gasteiger partial charge in [0, 0.05) is 34.3 Å². The van der Waals surface area contributed by atoms with Gasteiger partial charge in [-0.2, -0.15) is 0 Å². The number of carbonyl (C=O) groups excluding carboxylic acids is 2. The van der Waals surface area contributed by atoms with Crippen LogP contribution in [0.4, 0.5) is 0 Å². The van der Waals surface area contributed by atoms with Gasteiger partial charge in [0.25, 0.3) is 0 Å². The second-order valence-corrected chi connectivity index (χ2v) is 6.47. The van der Waals surface area contributed by atoms with Gasteiger partial charge in [0.15, 0.2) is 11.7 Å². The summed E-state index contributed by atoms with van der Waals surface area (Å²) in [7, 11) is 0. The van der Waals surface area contributed by atoms with Crippen LogP contribution in [0, 0.1) is 6.92 Å². The second-order valence-electron chi connectivity index (χ2n) is 6.47. The molecule has 1 unspecified atom stereocenters. The fraction of sp³-hybridized carbons (Fsp3) is 0.136. The third kappa shape index (κ3) is 3.32. The number of ketones is 1. The van der Waals surface area contributed by atoms with Crippen molar-refractivity contribution in [3.8, 4) is 0 Å². The van der Waals surface area contributed by atoms with E-state index in [4.69, 9.17) is 9.15 Å². The number of esters is 1. The van der Waals surface area contributed by atoms with Crippen LogP contribution in [0.5, 0.6) is 0 Å². The third-order valence-electron chi connectivity index (χ3n) is 4.47. The van der Waals surface area contributed by atoms with Crippen molar-refractivity contribution >= 4 is 39.8 Å². The van der Waals surface area contributed by atoms with Gasteiger partial charge in [0.2, 0.25) is 11.7 Å². The van der Waals surface area contributed by atoms with E-state index in [0.717, 1.165) is 16.6 Å². The summed E-state index contributed by atoms with van der Waals surface area (Å²) in [4.78, 5) is 32.4. The molecule has 0 bridgehead atoms. The van der Waals surface area contributed by atoms with Crippen LogP contribution in [0.1, 0.15) is 28.9 Å². The highest BCUT2D eigenvalue weighted by atomic mass is 16.5. The molecule has 0 radical (unpaired) electrons. The zero-order chi connectivity index (χ0) is 19.7. The van der Waals surface area contributed by atoms with Crippen LogP contribution in [-0.2, 0) is 9.53 Å². The number of fused-ring (bicyclic) bond motifs is 2. The lowest BCUT2D eigenvalue weighted by atomic mass is 10.0. The number of H-pyrrole nitrogens is 1. The zero-order valence-corrected chi connectivity index (χ0v) is 15.4. The van der Waals surface area contributed by atoms with Gasteiger partial charge < -0.3 is 14.1 Å². The summed E-state index contributed by atoms with van der Waals surface area (Å²) in [5.41, 5.74) is 3.50. The first-order valence-corrected chi connectivity index (χ1v) is 8.88. The van der Waals surface area contributed by atoms with Crippen LogP contribution < -0.4 is 0 Å². The van der Waals surface area contributed by atoms with E-state index in [-0.39, 0.29) is 5.78 Å². The predicted octanol–water partition coefficient (Wildman–Crippen LogP) is 4.45. The fourth-order valence-corrected chi connectivity index (χ4v) is 3.17. The van der Waals surface area contributed by atoms with E-state index in [1.54, 1.807) is 13.0 Å². The van der Waals surface area contributed by atoms with Gasteiger partial charge in [-0.25, -0.2) is 9.78 Å². The second kappa shape index (κ2) is 7.15. The number of benzene rings is 2. The predicted molar refractivity (Wildman–Crippen MR) is 106 cm³/mol. The van der Waals surface area contributed by atoms with Crippen molar-refractivity contribution in [1.82, 2.24) is 9.97 Å².